The molecule has 0 aliphatic carbocycles. The minimum Gasteiger partial charge on any atom is -0.504 e. The fraction of sp³-hybridized carbons (Fsp3) is 0.357. The molecule has 0 bridgehead atoms. The third-order valence-electron chi connectivity index (χ3n) is 3.59. The van der Waals surface area contributed by atoms with Gasteiger partial charge >= 0.3 is 5.63 Å². The molecule has 2 heterocycles. The molecule has 0 saturated carbocycles. The number of rotatable bonds is 2. The van der Waals surface area contributed by atoms with Crippen LogP contribution < -0.4 is 10.5 Å². The maximum Gasteiger partial charge on any atom is 0.336 e. The summed E-state index contributed by atoms with van der Waals surface area (Å²) in [6.45, 7) is 3.84. The lowest BCUT2D eigenvalue weighted by molar-refractivity contribution is -0.921. The second kappa shape index (κ2) is 5.15. The number of hydrogen-bond donors (Lipinski definition) is 3. The van der Waals surface area contributed by atoms with Crippen molar-refractivity contribution < 1.29 is 24.3 Å². The van der Waals surface area contributed by atoms with Gasteiger partial charge in [0.1, 0.15) is 19.6 Å². The van der Waals surface area contributed by atoms with Gasteiger partial charge in [0.2, 0.25) is 5.75 Å². The Balaban J connectivity index is 2.05. The van der Waals surface area contributed by atoms with Crippen molar-refractivity contribution >= 4 is 11.0 Å². The Morgan fingerprint density at radius 3 is 2.70 bits per heavy atom. The Hall–Kier alpha value is -2.05. The van der Waals surface area contributed by atoms with Crippen molar-refractivity contribution in [2.75, 3.05) is 26.3 Å². The van der Waals surface area contributed by atoms with Crippen LogP contribution in [0.15, 0.2) is 27.4 Å². The average molecular weight is 278 g/mol. The molecule has 2 aromatic rings. The van der Waals surface area contributed by atoms with Crippen molar-refractivity contribution in [3.05, 3.63) is 34.2 Å². The van der Waals surface area contributed by atoms with Gasteiger partial charge in [0.15, 0.2) is 11.3 Å². The molecule has 0 unspecified atom stereocenters. The average Bonchev–Trinajstić information content (AvgIpc) is 2.44. The number of benzene rings is 1. The highest BCUT2D eigenvalue weighted by Gasteiger charge is 2.18. The number of nitrogens with one attached hydrogen (secondary N) is 1. The molecule has 1 fully saturated rings. The molecule has 3 rings (SSSR count). The summed E-state index contributed by atoms with van der Waals surface area (Å²) < 4.78 is 10.3. The number of phenolic OH excluding ortho intramolecular Hbond substituents is 2. The molecule has 1 saturated heterocycles. The predicted molar refractivity (Wildman–Crippen MR) is 71.0 cm³/mol. The van der Waals surface area contributed by atoms with Gasteiger partial charge in [-0.15, -0.1) is 0 Å². The highest BCUT2D eigenvalue weighted by atomic mass is 16.5. The van der Waals surface area contributed by atoms with E-state index in [-0.39, 0.29) is 11.3 Å². The maximum absolute atomic E-state index is 11.6. The molecule has 0 atom stereocenters. The van der Waals surface area contributed by atoms with Crippen LogP contribution in [-0.4, -0.2) is 36.5 Å². The summed E-state index contributed by atoms with van der Waals surface area (Å²) in [6.07, 6.45) is 0. The Morgan fingerprint density at radius 1 is 1.20 bits per heavy atom. The van der Waals surface area contributed by atoms with Crippen LogP contribution in [0.2, 0.25) is 0 Å². The summed E-state index contributed by atoms with van der Waals surface area (Å²) in [4.78, 5) is 12.9. The molecule has 6 nitrogen and oxygen atoms in total. The third kappa shape index (κ3) is 2.35. The molecule has 1 aromatic carbocycles. The van der Waals surface area contributed by atoms with Crippen LogP contribution in [0.25, 0.3) is 11.0 Å². The van der Waals surface area contributed by atoms with Crippen LogP contribution in [0.4, 0.5) is 0 Å². The first-order chi connectivity index (χ1) is 9.65. The van der Waals surface area contributed by atoms with Gasteiger partial charge in [-0.2, -0.15) is 0 Å². The molecule has 6 heteroatoms. The largest absolute Gasteiger partial charge is 0.504 e. The maximum atomic E-state index is 11.6. The van der Waals surface area contributed by atoms with E-state index < -0.39 is 11.4 Å². The highest BCUT2D eigenvalue weighted by Crippen LogP contribution is 2.33. The minimum absolute atomic E-state index is 0.0418. The Labute approximate surface area is 114 Å². The summed E-state index contributed by atoms with van der Waals surface area (Å²) in [5.41, 5.74) is 0.324. The van der Waals surface area contributed by atoms with E-state index in [1.54, 1.807) is 6.07 Å². The predicted octanol–water partition coefficient (Wildman–Crippen LogP) is -0.381. The lowest BCUT2D eigenvalue weighted by atomic mass is 10.1. The molecule has 3 N–H and O–H groups in total. The summed E-state index contributed by atoms with van der Waals surface area (Å²) in [5, 5.41) is 19.9. The topological polar surface area (TPSA) is 84.3 Å². The standard InChI is InChI=1S/C14H15NO5/c16-11-2-1-10-9(8-15-3-5-19-6-4-15)7-12(17)20-14(10)13(11)18/h1-2,7,16,18H,3-6,8H2/p+1. The smallest absolute Gasteiger partial charge is 0.336 e. The van der Waals surface area contributed by atoms with Gasteiger partial charge in [-0.25, -0.2) is 4.79 Å². The van der Waals surface area contributed by atoms with Gasteiger partial charge < -0.3 is 24.3 Å². The zero-order chi connectivity index (χ0) is 14.1. The summed E-state index contributed by atoms with van der Waals surface area (Å²) in [5.74, 6) is -0.685. The van der Waals surface area contributed by atoms with E-state index in [4.69, 9.17) is 9.15 Å². The fourth-order valence-electron chi connectivity index (χ4n) is 2.52. The Kier molecular flexibility index (Phi) is 3.33. The second-order valence-corrected chi connectivity index (χ2v) is 4.94. The number of fused-ring (bicyclic) bond motifs is 1. The summed E-state index contributed by atoms with van der Waals surface area (Å²) in [7, 11) is 0. The van der Waals surface area contributed by atoms with Crippen molar-refractivity contribution in [2.24, 2.45) is 0 Å². The quantitative estimate of drug-likeness (QED) is 0.515. The van der Waals surface area contributed by atoms with Crippen molar-refractivity contribution in [1.82, 2.24) is 0 Å². The van der Waals surface area contributed by atoms with E-state index in [0.29, 0.717) is 25.1 Å². The number of ether oxygens (including phenoxy) is 1. The zero-order valence-corrected chi connectivity index (χ0v) is 10.9. The van der Waals surface area contributed by atoms with E-state index in [2.05, 4.69) is 0 Å². The zero-order valence-electron chi connectivity index (χ0n) is 10.9. The second-order valence-electron chi connectivity index (χ2n) is 4.94. The van der Waals surface area contributed by atoms with Gasteiger partial charge in [0.25, 0.3) is 0 Å². The number of quaternary nitrogens is 1. The van der Waals surface area contributed by atoms with Gasteiger partial charge in [0.05, 0.1) is 13.2 Å². The van der Waals surface area contributed by atoms with E-state index in [9.17, 15) is 15.0 Å². The van der Waals surface area contributed by atoms with Gasteiger partial charge in [-0.3, -0.25) is 0 Å². The van der Waals surface area contributed by atoms with Crippen LogP contribution in [-0.2, 0) is 11.3 Å². The third-order valence-corrected chi connectivity index (χ3v) is 3.59. The van der Waals surface area contributed by atoms with Crippen LogP contribution in [0, 0.1) is 0 Å². The molecule has 0 radical (unpaired) electrons. The fourth-order valence-corrected chi connectivity index (χ4v) is 2.52. The SMILES string of the molecule is O=c1cc(C[NH+]2CCOCC2)c2ccc(O)c(O)c2o1. The molecule has 1 aromatic heterocycles. The number of hydrogen-bond acceptors (Lipinski definition) is 5. The Morgan fingerprint density at radius 2 is 1.95 bits per heavy atom. The molecule has 106 valence electrons. The highest BCUT2D eigenvalue weighted by molar-refractivity contribution is 5.87. The van der Waals surface area contributed by atoms with Crippen LogP contribution in [0.3, 0.4) is 0 Å². The Bertz CT molecular complexity index is 688. The molecule has 20 heavy (non-hydrogen) atoms. The molecular formula is C14H16NO5+. The summed E-state index contributed by atoms with van der Waals surface area (Å²) in [6, 6.07) is 4.50. The van der Waals surface area contributed by atoms with Crippen LogP contribution >= 0.6 is 0 Å². The van der Waals surface area contributed by atoms with E-state index in [0.717, 1.165) is 18.7 Å². The van der Waals surface area contributed by atoms with Crippen molar-refractivity contribution in [3.8, 4) is 11.5 Å². The van der Waals surface area contributed by atoms with E-state index in [1.807, 2.05) is 0 Å². The number of aromatic hydroxyl groups is 2. The first-order valence-electron chi connectivity index (χ1n) is 6.54. The first-order valence-corrected chi connectivity index (χ1v) is 6.54. The van der Waals surface area contributed by atoms with E-state index in [1.165, 1.54) is 17.0 Å². The molecule has 0 amide bonds. The lowest BCUT2D eigenvalue weighted by Crippen LogP contribution is -3.12. The van der Waals surface area contributed by atoms with Crippen molar-refractivity contribution in [2.45, 2.75) is 6.54 Å². The number of morpholine rings is 1. The van der Waals surface area contributed by atoms with Gasteiger partial charge in [-0.1, -0.05) is 0 Å². The monoisotopic (exact) mass is 278 g/mol. The van der Waals surface area contributed by atoms with Gasteiger partial charge in [0, 0.05) is 17.0 Å². The minimum atomic E-state index is -0.527. The van der Waals surface area contributed by atoms with Crippen molar-refractivity contribution in [3.63, 3.8) is 0 Å². The van der Waals surface area contributed by atoms with Crippen molar-refractivity contribution in [1.29, 1.82) is 0 Å². The van der Waals surface area contributed by atoms with Gasteiger partial charge in [-0.05, 0) is 12.1 Å². The first kappa shape index (κ1) is 13.0. The van der Waals surface area contributed by atoms with Crippen LogP contribution in [0.5, 0.6) is 11.5 Å². The molecule has 0 spiro atoms. The van der Waals surface area contributed by atoms with Crippen LogP contribution in [0.1, 0.15) is 5.56 Å². The molecule has 1 aliphatic heterocycles. The normalized spacial score (nSPS) is 16.6. The molecule has 1 aliphatic rings. The number of phenols is 2. The molecular weight excluding hydrogens is 262 g/mol. The summed E-state index contributed by atoms with van der Waals surface area (Å²) >= 11 is 0. The van der Waals surface area contributed by atoms with E-state index >= 15 is 0 Å². The lowest BCUT2D eigenvalue weighted by Gasteiger charge is -2.24.